The van der Waals surface area contributed by atoms with Gasteiger partial charge in [-0.1, -0.05) is 0 Å². The summed E-state index contributed by atoms with van der Waals surface area (Å²) in [6, 6.07) is 1.96. The molecule has 3 unspecified atom stereocenters. The number of carbonyl (C=O) groups is 1. The Bertz CT molecular complexity index is 449. The minimum atomic E-state index is 0.118. The number of pyridine rings is 1. The second-order valence-corrected chi connectivity index (χ2v) is 5.79. The Hall–Kier alpha value is -0.740. The molecule has 3 atom stereocenters. The largest absolute Gasteiger partial charge is 0.374 e. The zero-order valence-corrected chi connectivity index (χ0v) is 11.0. The van der Waals surface area contributed by atoms with Gasteiger partial charge in [-0.3, -0.25) is 9.78 Å². The van der Waals surface area contributed by atoms with Gasteiger partial charge in [-0.25, -0.2) is 0 Å². The number of hydrogen-bond donors (Lipinski definition) is 0. The molecule has 0 radical (unpaired) electrons. The Labute approximate surface area is 109 Å². The molecule has 2 saturated heterocycles. The molecule has 2 bridgehead atoms. The van der Waals surface area contributed by atoms with Crippen molar-refractivity contribution in [2.45, 2.75) is 37.9 Å². The van der Waals surface area contributed by atoms with Crippen LogP contribution in [0.3, 0.4) is 0 Å². The first-order valence-electron chi connectivity index (χ1n) is 6.00. The Morgan fingerprint density at radius 2 is 2.35 bits per heavy atom. The molecule has 3 rings (SSSR count). The molecule has 0 aliphatic carbocycles. The van der Waals surface area contributed by atoms with Gasteiger partial charge in [0, 0.05) is 29.2 Å². The van der Waals surface area contributed by atoms with E-state index in [2.05, 4.69) is 20.9 Å². The van der Waals surface area contributed by atoms with Crippen molar-refractivity contribution in [3.8, 4) is 0 Å². The number of aromatic nitrogens is 1. The lowest BCUT2D eigenvalue weighted by atomic mass is 9.84. The third-order valence-electron chi connectivity index (χ3n) is 3.66. The molecule has 2 aliphatic rings. The Balaban J connectivity index is 1.68. The molecule has 1 aromatic heterocycles. The van der Waals surface area contributed by atoms with Gasteiger partial charge in [0.15, 0.2) is 0 Å². The first-order valence-corrected chi connectivity index (χ1v) is 6.79. The van der Waals surface area contributed by atoms with E-state index in [1.165, 1.54) is 0 Å². The summed E-state index contributed by atoms with van der Waals surface area (Å²) in [5.41, 5.74) is 0.979. The molecule has 0 amide bonds. The van der Waals surface area contributed by atoms with Gasteiger partial charge in [0.2, 0.25) is 0 Å². The monoisotopic (exact) mass is 295 g/mol. The van der Waals surface area contributed by atoms with Gasteiger partial charge in [-0.05, 0) is 46.8 Å². The van der Waals surface area contributed by atoms with Crippen LogP contribution in [0, 0.1) is 5.92 Å². The quantitative estimate of drug-likeness (QED) is 0.860. The van der Waals surface area contributed by atoms with Gasteiger partial charge in [-0.15, -0.1) is 0 Å². The number of halogens is 1. The van der Waals surface area contributed by atoms with E-state index >= 15 is 0 Å². The number of Topliss-reactive ketones (excluding diaryl/α,β-unsaturated/α-hetero) is 1. The first kappa shape index (κ1) is 11.4. The molecule has 0 aromatic carbocycles. The zero-order valence-electron chi connectivity index (χ0n) is 9.43. The van der Waals surface area contributed by atoms with Crippen LogP contribution in [0.1, 0.15) is 24.8 Å². The van der Waals surface area contributed by atoms with Crippen molar-refractivity contribution < 1.29 is 9.53 Å². The van der Waals surface area contributed by atoms with Crippen LogP contribution in [0.5, 0.6) is 0 Å². The van der Waals surface area contributed by atoms with Crippen LogP contribution >= 0.6 is 15.9 Å². The predicted octanol–water partition coefficient (Wildman–Crippen LogP) is 2.52. The lowest BCUT2D eigenvalue weighted by Gasteiger charge is -2.17. The molecular formula is C13H14BrNO2. The normalized spacial score (nSPS) is 30.8. The summed E-state index contributed by atoms with van der Waals surface area (Å²) >= 11 is 3.37. The van der Waals surface area contributed by atoms with Crippen LogP contribution in [0.15, 0.2) is 22.9 Å². The minimum absolute atomic E-state index is 0.118. The van der Waals surface area contributed by atoms with Crippen molar-refractivity contribution in [1.82, 2.24) is 4.98 Å². The average Bonchev–Trinajstić information content (AvgIpc) is 2.90. The summed E-state index contributed by atoms with van der Waals surface area (Å²) < 4.78 is 6.64. The molecular weight excluding hydrogens is 282 g/mol. The van der Waals surface area contributed by atoms with Crippen LogP contribution in [-0.2, 0) is 16.0 Å². The number of ketones is 1. The van der Waals surface area contributed by atoms with E-state index in [4.69, 9.17) is 4.74 Å². The van der Waals surface area contributed by atoms with Crippen LogP contribution in [0.25, 0.3) is 0 Å². The summed E-state index contributed by atoms with van der Waals surface area (Å²) in [7, 11) is 0. The molecule has 1 aromatic rings. The van der Waals surface area contributed by atoms with Crippen molar-refractivity contribution >= 4 is 21.7 Å². The van der Waals surface area contributed by atoms with E-state index in [-0.39, 0.29) is 12.0 Å². The van der Waals surface area contributed by atoms with Crippen molar-refractivity contribution in [2.75, 3.05) is 0 Å². The second kappa shape index (κ2) is 4.50. The highest BCUT2D eigenvalue weighted by atomic mass is 79.9. The van der Waals surface area contributed by atoms with E-state index in [0.717, 1.165) is 29.3 Å². The first-order chi connectivity index (χ1) is 8.22. The van der Waals surface area contributed by atoms with E-state index in [0.29, 0.717) is 18.3 Å². The number of fused-ring (bicyclic) bond motifs is 2. The standard InChI is InChI=1S/C13H14BrNO2/c14-9-3-8(6-15-7-9)4-12(16)11-5-10-1-2-13(11)17-10/h3,6-7,10-11,13H,1-2,4-5H2. The molecule has 2 aliphatic heterocycles. The highest BCUT2D eigenvalue weighted by Crippen LogP contribution is 2.39. The fraction of sp³-hybridized carbons (Fsp3) is 0.538. The van der Waals surface area contributed by atoms with Gasteiger partial charge < -0.3 is 4.74 Å². The fourth-order valence-corrected chi connectivity index (χ4v) is 3.27. The summed E-state index contributed by atoms with van der Waals surface area (Å²) in [4.78, 5) is 16.3. The molecule has 3 heterocycles. The Kier molecular flexibility index (Phi) is 3.01. The molecule has 0 N–H and O–H groups in total. The second-order valence-electron chi connectivity index (χ2n) is 4.87. The molecule has 17 heavy (non-hydrogen) atoms. The van der Waals surface area contributed by atoms with Crippen LogP contribution in [0.4, 0.5) is 0 Å². The van der Waals surface area contributed by atoms with Crippen molar-refractivity contribution in [3.05, 3.63) is 28.5 Å². The van der Waals surface area contributed by atoms with E-state index < -0.39 is 0 Å². The highest BCUT2D eigenvalue weighted by molar-refractivity contribution is 9.10. The number of ether oxygens (including phenoxy) is 1. The summed E-state index contributed by atoms with van der Waals surface area (Å²) in [5.74, 6) is 0.421. The van der Waals surface area contributed by atoms with Crippen molar-refractivity contribution in [2.24, 2.45) is 5.92 Å². The summed E-state index contributed by atoms with van der Waals surface area (Å²) in [6.45, 7) is 0. The van der Waals surface area contributed by atoms with E-state index in [1.807, 2.05) is 6.07 Å². The van der Waals surface area contributed by atoms with Crippen LogP contribution in [0.2, 0.25) is 0 Å². The van der Waals surface area contributed by atoms with Gasteiger partial charge >= 0.3 is 0 Å². The molecule has 3 nitrogen and oxygen atoms in total. The minimum Gasteiger partial charge on any atom is -0.374 e. The van der Waals surface area contributed by atoms with E-state index in [9.17, 15) is 4.79 Å². The zero-order chi connectivity index (χ0) is 11.8. The fourth-order valence-electron chi connectivity index (χ4n) is 2.86. The number of nitrogens with zero attached hydrogens (tertiary/aromatic N) is 1. The Morgan fingerprint density at radius 3 is 3.00 bits per heavy atom. The SMILES string of the molecule is O=C(Cc1cncc(Br)c1)C1CC2CCC1O2. The molecule has 90 valence electrons. The van der Waals surface area contributed by atoms with E-state index in [1.54, 1.807) is 12.4 Å². The topological polar surface area (TPSA) is 39.2 Å². The van der Waals surface area contributed by atoms with Crippen LogP contribution in [-0.4, -0.2) is 23.0 Å². The van der Waals surface area contributed by atoms with Gasteiger partial charge in [0.1, 0.15) is 5.78 Å². The maximum atomic E-state index is 12.2. The number of rotatable bonds is 3. The number of hydrogen-bond acceptors (Lipinski definition) is 3. The van der Waals surface area contributed by atoms with Crippen molar-refractivity contribution in [3.63, 3.8) is 0 Å². The third kappa shape index (κ3) is 2.29. The maximum absolute atomic E-state index is 12.2. The van der Waals surface area contributed by atoms with Gasteiger partial charge in [0.05, 0.1) is 12.2 Å². The summed E-state index contributed by atoms with van der Waals surface area (Å²) in [5, 5.41) is 0. The van der Waals surface area contributed by atoms with Gasteiger partial charge in [0.25, 0.3) is 0 Å². The van der Waals surface area contributed by atoms with Gasteiger partial charge in [-0.2, -0.15) is 0 Å². The highest BCUT2D eigenvalue weighted by Gasteiger charge is 2.43. The average molecular weight is 296 g/mol. The molecule has 4 heteroatoms. The number of carbonyl (C=O) groups excluding carboxylic acids is 1. The Morgan fingerprint density at radius 1 is 1.47 bits per heavy atom. The smallest absolute Gasteiger partial charge is 0.143 e. The molecule has 0 spiro atoms. The molecule has 0 saturated carbocycles. The lowest BCUT2D eigenvalue weighted by Crippen LogP contribution is -2.26. The lowest BCUT2D eigenvalue weighted by molar-refractivity contribution is -0.123. The predicted molar refractivity (Wildman–Crippen MR) is 66.7 cm³/mol. The van der Waals surface area contributed by atoms with Crippen molar-refractivity contribution in [1.29, 1.82) is 0 Å². The summed E-state index contributed by atoms with van der Waals surface area (Å²) in [6.07, 6.45) is 7.60. The van der Waals surface area contributed by atoms with Crippen LogP contribution < -0.4 is 0 Å². The maximum Gasteiger partial charge on any atom is 0.143 e. The third-order valence-corrected chi connectivity index (χ3v) is 4.09. The molecule has 2 fully saturated rings.